The first-order valence-corrected chi connectivity index (χ1v) is 12.1. The molecule has 0 saturated carbocycles. The lowest BCUT2D eigenvalue weighted by Gasteiger charge is -2.26. The van der Waals surface area contributed by atoms with E-state index < -0.39 is 0 Å². The molecule has 1 N–H and O–H groups in total. The molecule has 0 fully saturated rings. The fraction of sp³-hybridized carbons (Fsp3) is 0.258. The van der Waals surface area contributed by atoms with Crippen LogP contribution in [0.25, 0.3) is 0 Å². The maximum atomic E-state index is 12.7. The highest BCUT2D eigenvalue weighted by Crippen LogP contribution is 2.32. The molecule has 0 aliphatic carbocycles. The Morgan fingerprint density at radius 3 is 2.20 bits per heavy atom. The van der Waals surface area contributed by atoms with Crippen LogP contribution < -0.4 is 10.1 Å². The summed E-state index contributed by atoms with van der Waals surface area (Å²) in [5.74, 6) is 1.42. The molecule has 1 unspecified atom stereocenters. The Morgan fingerprint density at radius 2 is 1.54 bits per heavy atom. The number of amides is 1. The van der Waals surface area contributed by atoms with Crippen LogP contribution in [-0.2, 0) is 12.0 Å². The molecular formula is C31H33NO3. The van der Waals surface area contributed by atoms with E-state index in [0.29, 0.717) is 5.76 Å². The van der Waals surface area contributed by atoms with Gasteiger partial charge in [-0.05, 0) is 54.3 Å². The number of benzene rings is 3. The lowest BCUT2D eigenvalue weighted by Crippen LogP contribution is -2.27. The molecule has 0 aliphatic heterocycles. The number of aryl methyl sites for hydroxylation is 1. The van der Waals surface area contributed by atoms with Crippen molar-refractivity contribution in [1.82, 2.24) is 5.32 Å². The molecule has 0 aliphatic rings. The summed E-state index contributed by atoms with van der Waals surface area (Å²) in [5.41, 5.74) is 4.66. The van der Waals surface area contributed by atoms with Crippen LogP contribution >= 0.6 is 0 Å². The Labute approximate surface area is 208 Å². The van der Waals surface area contributed by atoms with Crippen molar-refractivity contribution in [2.45, 2.75) is 52.2 Å². The summed E-state index contributed by atoms with van der Waals surface area (Å²) in [7, 11) is 0. The molecule has 1 atom stereocenters. The second-order valence-electron chi connectivity index (χ2n) is 9.42. The molecule has 4 nitrogen and oxygen atoms in total. The van der Waals surface area contributed by atoms with Crippen molar-refractivity contribution in [3.05, 3.63) is 125 Å². The number of nitrogens with one attached hydrogen (secondary N) is 1. The molecule has 180 valence electrons. The Balaban J connectivity index is 1.35. The Morgan fingerprint density at radius 1 is 0.886 bits per heavy atom. The van der Waals surface area contributed by atoms with Gasteiger partial charge in [0, 0.05) is 5.41 Å². The van der Waals surface area contributed by atoms with E-state index in [1.165, 1.54) is 16.7 Å². The molecule has 0 saturated heterocycles. The van der Waals surface area contributed by atoms with Crippen LogP contribution in [0.15, 0.2) is 95.4 Å². The molecule has 35 heavy (non-hydrogen) atoms. The number of ether oxygens (including phenoxy) is 1. The Bertz CT molecular complexity index is 1240. The molecule has 1 heterocycles. The number of hydrogen-bond acceptors (Lipinski definition) is 3. The first kappa shape index (κ1) is 24.3. The SMILES string of the molecule is CCC(NC(=O)c1ccc(COc2ccc(C(C)(C)c3ccccc3)cc2)o1)c1ccc(C)cc1. The van der Waals surface area contributed by atoms with Gasteiger partial charge in [-0.2, -0.15) is 0 Å². The van der Waals surface area contributed by atoms with Crippen molar-refractivity contribution in [3.63, 3.8) is 0 Å². The van der Waals surface area contributed by atoms with Crippen LogP contribution in [0, 0.1) is 6.92 Å². The second kappa shape index (κ2) is 10.6. The maximum Gasteiger partial charge on any atom is 0.287 e. The maximum absolute atomic E-state index is 12.7. The largest absolute Gasteiger partial charge is 0.486 e. The van der Waals surface area contributed by atoms with Crippen molar-refractivity contribution in [2.75, 3.05) is 0 Å². The zero-order chi connectivity index (χ0) is 24.8. The predicted octanol–water partition coefficient (Wildman–Crippen LogP) is 7.37. The highest BCUT2D eigenvalue weighted by atomic mass is 16.5. The standard InChI is InChI=1S/C31H33NO3/c1-5-28(23-13-11-22(2)12-14-23)32-30(33)29-20-19-27(35-29)21-34-26-17-15-25(16-18-26)31(3,4)24-9-7-6-8-10-24/h6-20,28H,5,21H2,1-4H3,(H,32,33). The summed E-state index contributed by atoms with van der Waals surface area (Å²) >= 11 is 0. The van der Waals surface area contributed by atoms with Crippen LogP contribution in [0.5, 0.6) is 5.75 Å². The lowest BCUT2D eigenvalue weighted by molar-refractivity contribution is 0.0903. The first-order chi connectivity index (χ1) is 16.9. The van der Waals surface area contributed by atoms with Gasteiger partial charge >= 0.3 is 0 Å². The van der Waals surface area contributed by atoms with E-state index in [1.807, 2.05) is 18.2 Å². The number of carbonyl (C=O) groups excluding carboxylic acids is 1. The van der Waals surface area contributed by atoms with E-state index in [9.17, 15) is 4.79 Å². The molecule has 0 spiro atoms. The van der Waals surface area contributed by atoms with Gasteiger partial charge < -0.3 is 14.5 Å². The number of hydrogen-bond donors (Lipinski definition) is 1. The van der Waals surface area contributed by atoms with Gasteiger partial charge in [-0.3, -0.25) is 4.79 Å². The fourth-order valence-corrected chi connectivity index (χ4v) is 4.17. The van der Waals surface area contributed by atoms with Crippen molar-refractivity contribution < 1.29 is 13.9 Å². The molecule has 0 bridgehead atoms. The van der Waals surface area contributed by atoms with Gasteiger partial charge in [0.25, 0.3) is 5.91 Å². The van der Waals surface area contributed by atoms with Gasteiger partial charge in [0.05, 0.1) is 6.04 Å². The summed E-state index contributed by atoms with van der Waals surface area (Å²) in [6.45, 7) is 8.79. The Kier molecular flexibility index (Phi) is 7.40. The minimum atomic E-state index is -0.226. The van der Waals surface area contributed by atoms with Gasteiger partial charge in [-0.15, -0.1) is 0 Å². The van der Waals surface area contributed by atoms with Gasteiger partial charge in [0.15, 0.2) is 5.76 Å². The molecule has 4 heteroatoms. The van der Waals surface area contributed by atoms with E-state index in [4.69, 9.17) is 9.15 Å². The van der Waals surface area contributed by atoms with Crippen molar-refractivity contribution in [1.29, 1.82) is 0 Å². The van der Waals surface area contributed by atoms with Crippen molar-refractivity contribution in [3.8, 4) is 5.75 Å². The van der Waals surface area contributed by atoms with Gasteiger partial charge in [-0.25, -0.2) is 0 Å². The monoisotopic (exact) mass is 467 g/mol. The van der Waals surface area contributed by atoms with E-state index in [2.05, 4.69) is 93.7 Å². The number of rotatable bonds is 9. The fourth-order valence-electron chi connectivity index (χ4n) is 4.17. The van der Waals surface area contributed by atoms with Crippen LogP contribution in [0.3, 0.4) is 0 Å². The zero-order valence-corrected chi connectivity index (χ0v) is 20.9. The number of furan rings is 1. The summed E-state index contributed by atoms with van der Waals surface area (Å²) < 4.78 is 11.7. The quantitative estimate of drug-likeness (QED) is 0.279. The summed E-state index contributed by atoms with van der Waals surface area (Å²) in [6, 6.07) is 30.3. The van der Waals surface area contributed by atoms with E-state index in [-0.39, 0.29) is 29.7 Å². The van der Waals surface area contributed by atoms with E-state index in [1.54, 1.807) is 12.1 Å². The highest BCUT2D eigenvalue weighted by molar-refractivity contribution is 5.91. The van der Waals surface area contributed by atoms with Crippen molar-refractivity contribution in [2.24, 2.45) is 0 Å². The molecule has 4 aromatic rings. The summed E-state index contributed by atoms with van der Waals surface area (Å²) in [6.07, 6.45) is 0.794. The van der Waals surface area contributed by atoms with E-state index >= 15 is 0 Å². The molecule has 3 aromatic carbocycles. The average molecular weight is 468 g/mol. The third kappa shape index (κ3) is 5.83. The van der Waals surface area contributed by atoms with Gasteiger partial charge in [-0.1, -0.05) is 93.1 Å². The van der Waals surface area contributed by atoms with Crippen LogP contribution in [0.4, 0.5) is 0 Å². The van der Waals surface area contributed by atoms with Gasteiger partial charge in [0.1, 0.15) is 18.1 Å². The van der Waals surface area contributed by atoms with Crippen LogP contribution in [0.2, 0.25) is 0 Å². The molecule has 1 aromatic heterocycles. The van der Waals surface area contributed by atoms with Crippen LogP contribution in [0.1, 0.15) is 71.8 Å². The summed E-state index contributed by atoms with van der Waals surface area (Å²) in [5, 5.41) is 3.07. The topological polar surface area (TPSA) is 51.5 Å². The smallest absolute Gasteiger partial charge is 0.287 e. The number of carbonyl (C=O) groups is 1. The summed E-state index contributed by atoms with van der Waals surface area (Å²) in [4.78, 5) is 12.7. The minimum absolute atomic E-state index is 0.0634. The van der Waals surface area contributed by atoms with Crippen LogP contribution in [-0.4, -0.2) is 5.91 Å². The minimum Gasteiger partial charge on any atom is -0.486 e. The Hall–Kier alpha value is -3.79. The van der Waals surface area contributed by atoms with Crippen molar-refractivity contribution >= 4 is 5.91 Å². The second-order valence-corrected chi connectivity index (χ2v) is 9.42. The van der Waals surface area contributed by atoms with Gasteiger partial charge in [0.2, 0.25) is 0 Å². The average Bonchev–Trinajstić information content (AvgIpc) is 3.37. The molecular weight excluding hydrogens is 434 g/mol. The highest BCUT2D eigenvalue weighted by Gasteiger charge is 2.22. The normalized spacial score (nSPS) is 12.2. The molecule has 0 radical (unpaired) electrons. The molecule has 1 amide bonds. The first-order valence-electron chi connectivity index (χ1n) is 12.1. The van der Waals surface area contributed by atoms with E-state index in [0.717, 1.165) is 17.7 Å². The molecule has 4 rings (SSSR count). The predicted molar refractivity (Wildman–Crippen MR) is 140 cm³/mol. The third-order valence-corrected chi connectivity index (χ3v) is 6.53. The third-order valence-electron chi connectivity index (χ3n) is 6.53. The zero-order valence-electron chi connectivity index (χ0n) is 20.9. The lowest BCUT2D eigenvalue weighted by atomic mass is 9.78.